The van der Waals surface area contributed by atoms with Gasteiger partial charge >= 0.3 is 0 Å². The molecule has 2 aliphatic rings. The molecule has 0 aliphatic carbocycles. The summed E-state index contributed by atoms with van der Waals surface area (Å²) >= 11 is 0. The van der Waals surface area contributed by atoms with E-state index in [1.54, 1.807) is 0 Å². The molecule has 3 heterocycles. The number of rotatable bonds is 5. The zero-order valence-corrected chi connectivity index (χ0v) is 14.3. The summed E-state index contributed by atoms with van der Waals surface area (Å²) in [6.07, 6.45) is 4.31. The van der Waals surface area contributed by atoms with Crippen molar-refractivity contribution in [3.05, 3.63) is 30.1 Å². The molecule has 2 saturated heterocycles. The molecule has 1 aromatic rings. The molecule has 5 nitrogen and oxygen atoms in total. The average molecular weight is 319 g/mol. The largest absolute Gasteiger partial charge is 0.396 e. The highest BCUT2D eigenvalue weighted by atomic mass is 16.5. The summed E-state index contributed by atoms with van der Waals surface area (Å²) in [7, 11) is 0. The first-order valence-electron chi connectivity index (χ1n) is 8.74. The number of nitrogens with zero attached hydrogens (tertiary/aromatic N) is 3. The summed E-state index contributed by atoms with van der Waals surface area (Å²) in [5.74, 6) is 0.921. The van der Waals surface area contributed by atoms with Gasteiger partial charge in [0.05, 0.1) is 12.2 Å². The van der Waals surface area contributed by atoms with E-state index in [0.29, 0.717) is 24.0 Å². The highest BCUT2D eigenvalue weighted by Crippen LogP contribution is 2.26. The topological polar surface area (TPSA) is 48.8 Å². The Morgan fingerprint density at radius 2 is 1.70 bits per heavy atom. The van der Waals surface area contributed by atoms with E-state index in [4.69, 9.17) is 4.74 Å². The predicted octanol–water partition coefficient (Wildman–Crippen LogP) is 1.23. The van der Waals surface area contributed by atoms with Crippen LogP contribution in [0.2, 0.25) is 0 Å². The van der Waals surface area contributed by atoms with Gasteiger partial charge in [-0.3, -0.25) is 14.8 Å². The Morgan fingerprint density at radius 1 is 1.04 bits per heavy atom. The van der Waals surface area contributed by atoms with Crippen molar-refractivity contribution in [1.29, 1.82) is 0 Å². The quantitative estimate of drug-likeness (QED) is 0.885. The molecular weight excluding hydrogens is 290 g/mol. The fourth-order valence-corrected chi connectivity index (χ4v) is 4.09. The first kappa shape index (κ1) is 16.8. The lowest BCUT2D eigenvalue weighted by Crippen LogP contribution is -2.48. The maximum atomic E-state index is 9.77. The van der Waals surface area contributed by atoms with Gasteiger partial charge in [-0.15, -0.1) is 0 Å². The molecule has 128 valence electrons. The summed E-state index contributed by atoms with van der Waals surface area (Å²) in [6, 6.07) is 4.15. The molecule has 3 rings (SSSR count). The molecule has 0 saturated carbocycles. The number of aliphatic hydroxyl groups excluding tert-OH is 1. The Hall–Kier alpha value is -1.01. The van der Waals surface area contributed by atoms with Crippen molar-refractivity contribution in [3.8, 4) is 0 Å². The lowest BCUT2D eigenvalue weighted by Gasteiger charge is -2.37. The van der Waals surface area contributed by atoms with Crippen LogP contribution in [-0.4, -0.2) is 71.4 Å². The zero-order valence-electron chi connectivity index (χ0n) is 14.3. The second kappa shape index (κ2) is 7.71. The molecule has 1 aromatic heterocycles. The van der Waals surface area contributed by atoms with E-state index in [-0.39, 0.29) is 6.61 Å². The average Bonchev–Trinajstić information content (AvgIpc) is 2.88. The van der Waals surface area contributed by atoms with Gasteiger partial charge in [-0.1, -0.05) is 0 Å². The molecule has 2 aliphatic heterocycles. The standard InChI is InChI=1S/C18H29N3O2/c1-14-7-20(8-15(2)23-14)10-17-11-21(12-18(17)13-22)9-16-3-5-19-6-4-16/h3-6,14-15,17-18,22H,7-13H2,1-2H3/t14-,15+,17-,18-/m1/s1. The molecule has 1 N–H and O–H groups in total. The van der Waals surface area contributed by atoms with Gasteiger partial charge in [-0.2, -0.15) is 0 Å². The minimum Gasteiger partial charge on any atom is -0.396 e. The molecule has 0 bridgehead atoms. The van der Waals surface area contributed by atoms with Crippen molar-refractivity contribution < 1.29 is 9.84 Å². The summed E-state index contributed by atoms with van der Waals surface area (Å²) in [4.78, 5) is 9.06. The Morgan fingerprint density at radius 3 is 2.35 bits per heavy atom. The van der Waals surface area contributed by atoms with Crippen LogP contribution in [0, 0.1) is 11.8 Å². The molecule has 5 heteroatoms. The fraction of sp³-hybridized carbons (Fsp3) is 0.722. The smallest absolute Gasteiger partial charge is 0.0678 e. The minimum absolute atomic E-state index is 0.285. The number of morpholine rings is 1. The van der Waals surface area contributed by atoms with Crippen LogP contribution in [0.15, 0.2) is 24.5 Å². The van der Waals surface area contributed by atoms with E-state index in [1.807, 2.05) is 12.4 Å². The monoisotopic (exact) mass is 319 g/mol. The maximum Gasteiger partial charge on any atom is 0.0678 e. The van der Waals surface area contributed by atoms with Gasteiger partial charge in [0, 0.05) is 58.3 Å². The van der Waals surface area contributed by atoms with Crippen LogP contribution in [0.4, 0.5) is 0 Å². The third kappa shape index (κ3) is 4.51. The van der Waals surface area contributed by atoms with Crippen LogP contribution in [0.5, 0.6) is 0 Å². The molecule has 23 heavy (non-hydrogen) atoms. The molecule has 0 amide bonds. The van der Waals surface area contributed by atoms with Crippen molar-refractivity contribution in [1.82, 2.24) is 14.8 Å². The van der Waals surface area contributed by atoms with Crippen molar-refractivity contribution in [2.24, 2.45) is 11.8 Å². The van der Waals surface area contributed by atoms with E-state index in [9.17, 15) is 5.11 Å². The number of pyridine rings is 1. The normalized spacial score (nSPS) is 33.2. The van der Waals surface area contributed by atoms with Gasteiger partial charge in [0.2, 0.25) is 0 Å². The van der Waals surface area contributed by atoms with E-state index >= 15 is 0 Å². The second-order valence-corrected chi connectivity index (χ2v) is 7.23. The molecule has 0 unspecified atom stereocenters. The Bertz CT molecular complexity index is 474. The van der Waals surface area contributed by atoms with E-state index in [1.165, 1.54) is 5.56 Å². The number of aromatic nitrogens is 1. The predicted molar refractivity (Wildman–Crippen MR) is 90.0 cm³/mol. The van der Waals surface area contributed by atoms with E-state index in [2.05, 4.69) is 40.8 Å². The lowest BCUT2D eigenvalue weighted by molar-refractivity contribution is -0.0727. The first-order valence-corrected chi connectivity index (χ1v) is 8.74. The third-order valence-electron chi connectivity index (χ3n) is 5.03. The molecule has 4 atom stereocenters. The van der Waals surface area contributed by atoms with Crippen molar-refractivity contribution >= 4 is 0 Å². The summed E-state index contributed by atoms with van der Waals surface area (Å²) in [6.45, 7) is 10.7. The SMILES string of the molecule is C[C@@H]1CN(C[C@@H]2CN(Cc3ccncc3)C[C@@H]2CO)C[C@H](C)O1. The maximum absolute atomic E-state index is 9.77. The molecule has 0 aromatic carbocycles. The van der Waals surface area contributed by atoms with Gasteiger partial charge < -0.3 is 9.84 Å². The van der Waals surface area contributed by atoms with Crippen LogP contribution in [0.3, 0.4) is 0 Å². The van der Waals surface area contributed by atoms with Crippen LogP contribution in [0.25, 0.3) is 0 Å². The molecule has 0 radical (unpaired) electrons. The highest BCUT2D eigenvalue weighted by Gasteiger charge is 2.34. The zero-order chi connectivity index (χ0) is 16.2. The highest BCUT2D eigenvalue weighted by molar-refractivity contribution is 5.10. The fourth-order valence-electron chi connectivity index (χ4n) is 4.09. The van der Waals surface area contributed by atoms with Crippen molar-refractivity contribution in [3.63, 3.8) is 0 Å². The number of hydrogen-bond acceptors (Lipinski definition) is 5. The van der Waals surface area contributed by atoms with Crippen LogP contribution in [-0.2, 0) is 11.3 Å². The third-order valence-corrected chi connectivity index (χ3v) is 5.03. The van der Waals surface area contributed by atoms with Crippen LogP contribution in [0.1, 0.15) is 19.4 Å². The number of hydrogen-bond donors (Lipinski definition) is 1. The van der Waals surface area contributed by atoms with E-state index in [0.717, 1.165) is 39.3 Å². The van der Waals surface area contributed by atoms with Gasteiger partial charge in [-0.25, -0.2) is 0 Å². The molecular formula is C18H29N3O2. The summed E-state index contributed by atoms with van der Waals surface area (Å²) < 4.78 is 5.83. The molecule has 2 fully saturated rings. The molecule has 0 spiro atoms. The van der Waals surface area contributed by atoms with Gasteiger partial charge in [0.25, 0.3) is 0 Å². The van der Waals surface area contributed by atoms with Gasteiger partial charge in [0.1, 0.15) is 0 Å². The Kier molecular flexibility index (Phi) is 5.64. The Balaban J connectivity index is 1.56. The summed E-state index contributed by atoms with van der Waals surface area (Å²) in [5, 5.41) is 9.77. The van der Waals surface area contributed by atoms with E-state index < -0.39 is 0 Å². The number of likely N-dealkylation sites (tertiary alicyclic amines) is 1. The van der Waals surface area contributed by atoms with Crippen LogP contribution < -0.4 is 0 Å². The van der Waals surface area contributed by atoms with Gasteiger partial charge in [-0.05, 0) is 43.4 Å². The van der Waals surface area contributed by atoms with Gasteiger partial charge in [0.15, 0.2) is 0 Å². The second-order valence-electron chi connectivity index (χ2n) is 7.23. The summed E-state index contributed by atoms with van der Waals surface area (Å²) in [5.41, 5.74) is 1.30. The van der Waals surface area contributed by atoms with Crippen molar-refractivity contribution in [2.75, 3.05) is 39.3 Å². The minimum atomic E-state index is 0.285. The first-order chi connectivity index (χ1) is 11.1. The number of ether oxygens (including phenoxy) is 1. The van der Waals surface area contributed by atoms with Crippen LogP contribution >= 0.6 is 0 Å². The Labute approximate surface area is 139 Å². The lowest BCUT2D eigenvalue weighted by atomic mass is 9.96. The van der Waals surface area contributed by atoms with Crippen molar-refractivity contribution in [2.45, 2.75) is 32.6 Å². The number of aliphatic hydroxyl groups is 1.